The number of nitrogens with one attached hydrogen (secondary N) is 1. The van der Waals surface area contributed by atoms with Gasteiger partial charge in [-0.1, -0.05) is 17.7 Å². The number of aromatic nitrogens is 2. The average molecular weight is 336 g/mol. The van der Waals surface area contributed by atoms with Crippen LogP contribution in [-0.2, 0) is 11.8 Å². The molecule has 0 saturated heterocycles. The van der Waals surface area contributed by atoms with Crippen molar-refractivity contribution >= 4 is 17.5 Å². The second-order valence-electron chi connectivity index (χ2n) is 6.11. The van der Waals surface area contributed by atoms with Crippen LogP contribution in [0.5, 0.6) is 5.75 Å². The third-order valence-corrected chi connectivity index (χ3v) is 3.82. The molecule has 0 radical (unpaired) electrons. The zero-order valence-electron chi connectivity index (χ0n) is 14.1. The number of carbonyl (C=O) groups excluding carboxylic acids is 1. The number of rotatable bonds is 5. The Balaban J connectivity index is 2.07. The molecular formula is C17H22ClN3O2. The van der Waals surface area contributed by atoms with Gasteiger partial charge < -0.3 is 10.1 Å². The molecule has 0 aliphatic heterocycles. The lowest BCUT2D eigenvalue weighted by Crippen LogP contribution is -2.47. The Hall–Kier alpha value is -2.01. The van der Waals surface area contributed by atoms with Gasteiger partial charge in [0.2, 0.25) is 0 Å². The van der Waals surface area contributed by atoms with Gasteiger partial charge >= 0.3 is 0 Å². The van der Waals surface area contributed by atoms with E-state index in [1.54, 1.807) is 42.8 Å². The molecule has 0 fully saturated rings. The van der Waals surface area contributed by atoms with E-state index in [1.807, 2.05) is 27.1 Å². The zero-order valence-corrected chi connectivity index (χ0v) is 14.8. The van der Waals surface area contributed by atoms with Gasteiger partial charge in [0, 0.05) is 23.8 Å². The van der Waals surface area contributed by atoms with E-state index in [0.29, 0.717) is 10.8 Å². The highest BCUT2D eigenvalue weighted by Crippen LogP contribution is 2.23. The van der Waals surface area contributed by atoms with Crippen LogP contribution in [0.15, 0.2) is 30.5 Å². The van der Waals surface area contributed by atoms with Crippen molar-refractivity contribution in [3.8, 4) is 5.75 Å². The van der Waals surface area contributed by atoms with Crippen molar-refractivity contribution in [1.29, 1.82) is 0 Å². The minimum Gasteiger partial charge on any atom is -0.478 e. The van der Waals surface area contributed by atoms with Gasteiger partial charge in [-0.15, -0.1) is 0 Å². The fourth-order valence-electron chi connectivity index (χ4n) is 2.36. The highest BCUT2D eigenvalue weighted by molar-refractivity contribution is 6.30. The Kier molecular flexibility index (Phi) is 5.00. The number of nitrogens with zero attached hydrogens (tertiary/aromatic N) is 2. The van der Waals surface area contributed by atoms with Crippen LogP contribution in [0.25, 0.3) is 0 Å². The van der Waals surface area contributed by atoms with Crippen LogP contribution in [0.4, 0.5) is 0 Å². The lowest BCUT2D eigenvalue weighted by Gasteiger charge is -2.27. The minimum atomic E-state index is -1.02. The zero-order chi connectivity index (χ0) is 17.2. The van der Waals surface area contributed by atoms with E-state index in [9.17, 15) is 4.79 Å². The van der Waals surface area contributed by atoms with E-state index in [4.69, 9.17) is 16.3 Å². The Morgan fingerprint density at radius 3 is 2.70 bits per heavy atom. The fraction of sp³-hybridized carbons (Fsp3) is 0.412. The second-order valence-corrected chi connectivity index (χ2v) is 6.54. The number of amides is 1. The summed E-state index contributed by atoms with van der Waals surface area (Å²) in [5, 5.41) is 7.84. The van der Waals surface area contributed by atoms with Gasteiger partial charge in [0.1, 0.15) is 5.75 Å². The first-order valence-electron chi connectivity index (χ1n) is 7.45. The minimum absolute atomic E-state index is 0.154. The van der Waals surface area contributed by atoms with Crippen LogP contribution < -0.4 is 10.1 Å². The summed E-state index contributed by atoms with van der Waals surface area (Å²) in [6.45, 7) is 7.31. The third-order valence-electron chi connectivity index (χ3n) is 3.58. The van der Waals surface area contributed by atoms with E-state index in [1.165, 1.54) is 0 Å². The van der Waals surface area contributed by atoms with Crippen LogP contribution in [0.3, 0.4) is 0 Å². The van der Waals surface area contributed by atoms with E-state index in [2.05, 4.69) is 10.4 Å². The molecule has 1 heterocycles. The van der Waals surface area contributed by atoms with Gasteiger partial charge in [-0.05, 0) is 45.9 Å². The number of hydrogen-bond donors (Lipinski definition) is 1. The Morgan fingerprint density at radius 2 is 2.13 bits per heavy atom. The summed E-state index contributed by atoms with van der Waals surface area (Å²) in [6, 6.07) is 6.85. The molecule has 6 heteroatoms. The summed E-state index contributed by atoms with van der Waals surface area (Å²) in [5.41, 5.74) is 0.864. The third kappa shape index (κ3) is 4.26. The summed E-state index contributed by atoms with van der Waals surface area (Å²) >= 11 is 5.95. The largest absolute Gasteiger partial charge is 0.478 e. The predicted octanol–water partition coefficient (Wildman–Crippen LogP) is 3.42. The molecule has 1 aromatic heterocycles. The number of halogens is 1. The molecule has 1 unspecified atom stereocenters. The first-order valence-corrected chi connectivity index (χ1v) is 7.82. The highest BCUT2D eigenvalue weighted by atomic mass is 35.5. The Labute approximate surface area is 141 Å². The first kappa shape index (κ1) is 17.3. The van der Waals surface area contributed by atoms with Crippen molar-refractivity contribution < 1.29 is 9.53 Å². The van der Waals surface area contributed by atoms with Crippen LogP contribution in [0, 0.1) is 6.92 Å². The van der Waals surface area contributed by atoms with Gasteiger partial charge in [-0.2, -0.15) is 5.10 Å². The molecule has 0 spiro atoms. The van der Waals surface area contributed by atoms with E-state index < -0.39 is 5.60 Å². The summed E-state index contributed by atoms with van der Waals surface area (Å²) in [5.74, 6) is 0.357. The Bertz CT molecular complexity index is 710. The molecule has 0 aliphatic rings. The van der Waals surface area contributed by atoms with Gasteiger partial charge in [0.25, 0.3) is 5.91 Å². The molecule has 1 atom stereocenters. The van der Waals surface area contributed by atoms with Crippen molar-refractivity contribution in [3.05, 3.63) is 46.7 Å². The molecular weight excluding hydrogens is 314 g/mol. The SMILES string of the molecule is Cc1nn(C)cc1C(C)NC(=O)C(C)(C)Oc1cccc(Cl)c1. The lowest BCUT2D eigenvalue weighted by molar-refractivity contribution is -0.134. The molecule has 1 aromatic carbocycles. The molecule has 124 valence electrons. The average Bonchev–Trinajstić information content (AvgIpc) is 2.77. The summed E-state index contributed by atoms with van der Waals surface area (Å²) in [7, 11) is 1.86. The van der Waals surface area contributed by atoms with E-state index >= 15 is 0 Å². The van der Waals surface area contributed by atoms with E-state index in [0.717, 1.165) is 11.3 Å². The molecule has 2 rings (SSSR count). The second kappa shape index (κ2) is 6.62. The van der Waals surface area contributed by atoms with Gasteiger partial charge in [0.05, 0.1) is 11.7 Å². The summed E-state index contributed by atoms with van der Waals surface area (Å²) in [4.78, 5) is 12.6. The maximum atomic E-state index is 12.6. The number of hydrogen-bond acceptors (Lipinski definition) is 3. The van der Waals surface area contributed by atoms with E-state index in [-0.39, 0.29) is 11.9 Å². The maximum Gasteiger partial charge on any atom is 0.264 e. The summed E-state index contributed by atoms with van der Waals surface area (Å²) < 4.78 is 7.54. The van der Waals surface area contributed by atoms with Crippen LogP contribution >= 0.6 is 11.6 Å². The van der Waals surface area contributed by atoms with Crippen molar-refractivity contribution in [1.82, 2.24) is 15.1 Å². The van der Waals surface area contributed by atoms with Gasteiger partial charge in [0.15, 0.2) is 5.60 Å². The molecule has 5 nitrogen and oxygen atoms in total. The molecule has 2 aromatic rings. The number of benzene rings is 1. The highest BCUT2D eigenvalue weighted by Gasteiger charge is 2.31. The Morgan fingerprint density at radius 1 is 1.43 bits per heavy atom. The van der Waals surface area contributed by atoms with Crippen molar-refractivity contribution in [3.63, 3.8) is 0 Å². The fourth-order valence-corrected chi connectivity index (χ4v) is 2.54. The summed E-state index contributed by atoms with van der Waals surface area (Å²) in [6.07, 6.45) is 1.91. The molecule has 0 saturated carbocycles. The molecule has 1 N–H and O–H groups in total. The molecule has 1 amide bonds. The monoisotopic (exact) mass is 335 g/mol. The van der Waals surface area contributed by atoms with Gasteiger partial charge in [-0.3, -0.25) is 9.48 Å². The number of aryl methyl sites for hydroxylation is 2. The van der Waals surface area contributed by atoms with Crippen molar-refractivity contribution in [2.45, 2.75) is 39.3 Å². The topological polar surface area (TPSA) is 56.2 Å². The number of ether oxygens (including phenoxy) is 1. The number of carbonyl (C=O) groups is 1. The lowest BCUT2D eigenvalue weighted by atomic mass is 10.1. The predicted molar refractivity (Wildman–Crippen MR) is 90.7 cm³/mol. The maximum absolute atomic E-state index is 12.6. The van der Waals surface area contributed by atoms with Crippen LogP contribution in [-0.4, -0.2) is 21.3 Å². The van der Waals surface area contributed by atoms with Crippen LogP contribution in [0.1, 0.15) is 38.1 Å². The quantitative estimate of drug-likeness (QED) is 0.910. The molecule has 0 aliphatic carbocycles. The van der Waals surface area contributed by atoms with Crippen molar-refractivity contribution in [2.24, 2.45) is 7.05 Å². The standard InChI is InChI=1S/C17H22ClN3O2/c1-11(15-10-21(5)20-12(15)2)19-16(22)17(3,4)23-14-8-6-7-13(18)9-14/h6-11H,1-5H3,(H,19,22). The first-order chi connectivity index (χ1) is 10.7. The van der Waals surface area contributed by atoms with Gasteiger partial charge in [-0.25, -0.2) is 0 Å². The molecule has 23 heavy (non-hydrogen) atoms. The van der Waals surface area contributed by atoms with Crippen LogP contribution in [0.2, 0.25) is 5.02 Å². The molecule has 0 bridgehead atoms. The van der Waals surface area contributed by atoms with Crippen molar-refractivity contribution in [2.75, 3.05) is 0 Å². The normalized spacial score (nSPS) is 12.8. The smallest absolute Gasteiger partial charge is 0.264 e.